The molecule has 0 spiro atoms. The maximum absolute atomic E-state index is 13.4. The predicted octanol–water partition coefficient (Wildman–Crippen LogP) is 2.77. The van der Waals surface area contributed by atoms with Crippen molar-refractivity contribution in [1.82, 2.24) is 10.2 Å². The van der Waals surface area contributed by atoms with Gasteiger partial charge in [0, 0.05) is 19.1 Å². The average molecular weight is 301 g/mol. The standard InChI is InChI=1S/C13H18BrFN2/c1-17(9-11-5-3-7-16-11)8-10-4-2-6-12(15)13(10)14/h2,4,6,11,16H,3,5,7-9H2,1H3. The van der Waals surface area contributed by atoms with Crippen LogP contribution in [-0.2, 0) is 6.54 Å². The summed E-state index contributed by atoms with van der Waals surface area (Å²) in [6, 6.07) is 5.79. The van der Waals surface area contributed by atoms with Crippen LogP contribution >= 0.6 is 15.9 Å². The van der Waals surface area contributed by atoms with Gasteiger partial charge in [-0.3, -0.25) is 0 Å². The highest BCUT2D eigenvalue weighted by atomic mass is 79.9. The van der Waals surface area contributed by atoms with Gasteiger partial charge in [-0.15, -0.1) is 0 Å². The third-order valence-electron chi connectivity index (χ3n) is 3.17. The topological polar surface area (TPSA) is 15.3 Å². The summed E-state index contributed by atoms with van der Waals surface area (Å²) in [5.74, 6) is -0.185. The molecule has 1 fully saturated rings. The van der Waals surface area contributed by atoms with Gasteiger partial charge in [0.2, 0.25) is 0 Å². The Bertz CT molecular complexity index is 378. The Hall–Kier alpha value is -0.450. The van der Waals surface area contributed by atoms with Crippen LogP contribution in [0.4, 0.5) is 4.39 Å². The van der Waals surface area contributed by atoms with Crippen molar-refractivity contribution in [3.8, 4) is 0 Å². The fraction of sp³-hybridized carbons (Fsp3) is 0.538. The van der Waals surface area contributed by atoms with Crippen molar-refractivity contribution in [2.24, 2.45) is 0 Å². The molecule has 0 aromatic heterocycles. The molecule has 1 N–H and O–H groups in total. The molecular formula is C13H18BrFN2. The Morgan fingerprint density at radius 3 is 3.06 bits per heavy atom. The Balaban J connectivity index is 1.93. The number of nitrogens with one attached hydrogen (secondary N) is 1. The maximum atomic E-state index is 13.4. The molecular weight excluding hydrogens is 283 g/mol. The minimum atomic E-state index is -0.185. The molecule has 2 nitrogen and oxygen atoms in total. The summed E-state index contributed by atoms with van der Waals surface area (Å²) in [5.41, 5.74) is 1.01. The van der Waals surface area contributed by atoms with E-state index < -0.39 is 0 Å². The molecule has 94 valence electrons. The molecule has 17 heavy (non-hydrogen) atoms. The summed E-state index contributed by atoms with van der Waals surface area (Å²) in [6.45, 7) is 2.92. The minimum Gasteiger partial charge on any atom is -0.313 e. The molecule has 1 aromatic carbocycles. The lowest BCUT2D eigenvalue weighted by molar-refractivity contribution is 0.292. The zero-order valence-corrected chi connectivity index (χ0v) is 11.6. The van der Waals surface area contributed by atoms with Crippen molar-refractivity contribution >= 4 is 15.9 Å². The second kappa shape index (κ2) is 5.94. The molecule has 1 heterocycles. The van der Waals surface area contributed by atoms with Gasteiger partial charge in [-0.1, -0.05) is 12.1 Å². The lowest BCUT2D eigenvalue weighted by atomic mass is 10.2. The lowest BCUT2D eigenvalue weighted by Gasteiger charge is -2.21. The van der Waals surface area contributed by atoms with Crippen LogP contribution in [0.5, 0.6) is 0 Å². The molecule has 4 heteroatoms. The largest absolute Gasteiger partial charge is 0.313 e. The molecule has 1 aliphatic rings. The Labute approximate surface area is 110 Å². The van der Waals surface area contributed by atoms with Gasteiger partial charge in [0.1, 0.15) is 5.82 Å². The van der Waals surface area contributed by atoms with E-state index in [2.05, 4.69) is 33.2 Å². The number of nitrogens with zero attached hydrogens (tertiary/aromatic N) is 1. The summed E-state index contributed by atoms with van der Waals surface area (Å²) in [5, 5.41) is 3.47. The van der Waals surface area contributed by atoms with Crippen LogP contribution in [0.2, 0.25) is 0 Å². The predicted molar refractivity (Wildman–Crippen MR) is 71.5 cm³/mol. The zero-order valence-electron chi connectivity index (χ0n) is 10.0. The molecule has 1 aromatic rings. The van der Waals surface area contributed by atoms with E-state index in [4.69, 9.17) is 0 Å². The molecule has 2 rings (SSSR count). The monoisotopic (exact) mass is 300 g/mol. The van der Waals surface area contributed by atoms with Crippen molar-refractivity contribution in [2.75, 3.05) is 20.1 Å². The van der Waals surface area contributed by atoms with Gasteiger partial charge in [0.15, 0.2) is 0 Å². The van der Waals surface area contributed by atoms with E-state index >= 15 is 0 Å². The van der Waals surface area contributed by atoms with Gasteiger partial charge >= 0.3 is 0 Å². The highest BCUT2D eigenvalue weighted by Crippen LogP contribution is 2.21. The van der Waals surface area contributed by atoms with E-state index in [1.165, 1.54) is 18.9 Å². The smallest absolute Gasteiger partial charge is 0.137 e. The summed E-state index contributed by atoms with van der Waals surface area (Å²) in [4.78, 5) is 2.24. The highest BCUT2D eigenvalue weighted by molar-refractivity contribution is 9.10. The average Bonchev–Trinajstić information content (AvgIpc) is 2.77. The molecule has 1 atom stereocenters. The first-order valence-corrected chi connectivity index (χ1v) is 6.81. The Morgan fingerprint density at radius 2 is 2.35 bits per heavy atom. The first kappa shape index (κ1) is 13.0. The van der Waals surface area contributed by atoms with Gasteiger partial charge in [-0.25, -0.2) is 4.39 Å². The first-order valence-electron chi connectivity index (χ1n) is 6.01. The number of likely N-dealkylation sites (N-methyl/N-ethyl adjacent to an activating group) is 1. The van der Waals surface area contributed by atoms with Crippen molar-refractivity contribution < 1.29 is 4.39 Å². The van der Waals surface area contributed by atoms with Crippen LogP contribution < -0.4 is 5.32 Å². The number of benzene rings is 1. The first-order chi connectivity index (χ1) is 8.16. The van der Waals surface area contributed by atoms with Gasteiger partial charge in [0.05, 0.1) is 4.47 Å². The molecule has 0 bridgehead atoms. The van der Waals surface area contributed by atoms with E-state index in [0.29, 0.717) is 10.5 Å². The Morgan fingerprint density at radius 1 is 1.53 bits per heavy atom. The van der Waals surface area contributed by atoms with E-state index in [0.717, 1.165) is 25.2 Å². The zero-order chi connectivity index (χ0) is 12.3. The van der Waals surface area contributed by atoms with Gasteiger partial charge in [-0.05, 0) is 54.0 Å². The Kier molecular flexibility index (Phi) is 4.54. The van der Waals surface area contributed by atoms with E-state index in [-0.39, 0.29) is 5.82 Å². The quantitative estimate of drug-likeness (QED) is 0.920. The summed E-state index contributed by atoms with van der Waals surface area (Å²) in [7, 11) is 2.08. The fourth-order valence-corrected chi connectivity index (χ4v) is 2.70. The van der Waals surface area contributed by atoms with E-state index in [9.17, 15) is 4.39 Å². The SMILES string of the molecule is CN(Cc1cccc(F)c1Br)CC1CCCN1. The molecule has 0 saturated carbocycles. The summed E-state index contributed by atoms with van der Waals surface area (Å²) >= 11 is 3.30. The highest BCUT2D eigenvalue weighted by Gasteiger charge is 2.16. The van der Waals surface area contributed by atoms with Crippen LogP contribution in [0.25, 0.3) is 0 Å². The van der Waals surface area contributed by atoms with Gasteiger partial charge in [-0.2, -0.15) is 0 Å². The van der Waals surface area contributed by atoms with Crippen molar-refractivity contribution in [1.29, 1.82) is 0 Å². The molecule has 0 radical (unpaired) electrons. The number of halogens is 2. The summed E-state index contributed by atoms with van der Waals surface area (Å²) < 4.78 is 13.9. The normalized spacial score (nSPS) is 20.1. The second-order valence-electron chi connectivity index (χ2n) is 4.70. The minimum absolute atomic E-state index is 0.185. The van der Waals surface area contributed by atoms with Crippen LogP contribution in [0.3, 0.4) is 0 Å². The number of hydrogen-bond donors (Lipinski definition) is 1. The van der Waals surface area contributed by atoms with E-state index in [1.807, 2.05) is 6.07 Å². The number of rotatable bonds is 4. The van der Waals surface area contributed by atoms with Crippen molar-refractivity contribution in [3.63, 3.8) is 0 Å². The molecule has 1 saturated heterocycles. The van der Waals surface area contributed by atoms with Crippen LogP contribution in [-0.4, -0.2) is 31.1 Å². The molecule has 1 aliphatic heterocycles. The third kappa shape index (κ3) is 3.50. The third-order valence-corrected chi connectivity index (χ3v) is 4.05. The van der Waals surface area contributed by atoms with E-state index in [1.54, 1.807) is 6.07 Å². The van der Waals surface area contributed by atoms with Crippen LogP contribution in [0, 0.1) is 5.82 Å². The molecule has 1 unspecified atom stereocenters. The lowest BCUT2D eigenvalue weighted by Crippen LogP contribution is -2.35. The fourth-order valence-electron chi connectivity index (χ4n) is 2.31. The van der Waals surface area contributed by atoms with Crippen LogP contribution in [0.1, 0.15) is 18.4 Å². The van der Waals surface area contributed by atoms with Crippen molar-refractivity contribution in [3.05, 3.63) is 34.1 Å². The second-order valence-corrected chi connectivity index (χ2v) is 5.50. The summed E-state index contributed by atoms with van der Waals surface area (Å²) in [6.07, 6.45) is 2.51. The van der Waals surface area contributed by atoms with Crippen LogP contribution in [0.15, 0.2) is 22.7 Å². The molecule has 0 aliphatic carbocycles. The van der Waals surface area contributed by atoms with Gasteiger partial charge < -0.3 is 10.2 Å². The number of hydrogen-bond acceptors (Lipinski definition) is 2. The maximum Gasteiger partial charge on any atom is 0.137 e. The molecule has 0 amide bonds. The van der Waals surface area contributed by atoms with Gasteiger partial charge in [0.25, 0.3) is 0 Å². The van der Waals surface area contributed by atoms with Crippen molar-refractivity contribution in [2.45, 2.75) is 25.4 Å².